The van der Waals surface area contributed by atoms with Crippen LogP contribution in [-0.4, -0.2) is 28.2 Å². The van der Waals surface area contributed by atoms with Crippen molar-refractivity contribution in [3.63, 3.8) is 0 Å². The van der Waals surface area contributed by atoms with Gasteiger partial charge in [0.15, 0.2) is 0 Å². The number of anilines is 1. The number of nitrogens with zero attached hydrogens (tertiary/aromatic N) is 2. The van der Waals surface area contributed by atoms with E-state index in [1.165, 1.54) is 6.33 Å². The van der Waals surface area contributed by atoms with Crippen molar-refractivity contribution in [3.8, 4) is 5.88 Å². The topological polar surface area (TPSA) is 67.3 Å². The molecule has 2 rings (SSSR count). The van der Waals surface area contributed by atoms with Crippen molar-refractivity contribution in [2.24, 2.45) is 0 Å². The maximum absolute atomic E-state index is 10.0. The molecular weight excluding hydrogens is 262 g/mol. The van der Waals surface area contributed by atoms with Crippen molar-refractivity contribution in [1.82, 2.24) is 9.97 Å². The lowest BCUT2D eigenvalue weighted by Gasteiger charge is -2.14. The summed E-state index contributed by atoms with van der Waals surface area (Å²) in [6.45, 7) is 4.77. The second-order valence-electron chi connectivity index (χ2n) is 4.04. The molecule has 0 fully saturated rings. The predicted molar refractivity (Wildman–Crippen MR) is 75.7 cm³/mol. The lowest BCUT2D eigenvalue weighted by molar-refractivity contribution is 0.192. The minimum atomic E-state index is -0.545. The van der Waals surface area contributed by atoms with E-state index in [1.54, 1.807) is 11.3 Å². The van der Waals surface area contributed by atoms with E-state index >= 15 is 0 Å². The summed E-state index contributed by atoms with van der Waals surface area (Å²) in [6, 6.07) is 1.91. The second kappa shape index (κ2) is 6.49. The SMILES string of the molecule is CCOc1ncnc(NCC(O)c2ccsc2)c1C. The number of nitrogens with one attached hydrogen (secondary N) is 1. The standard InChI is InChI=1S/C13H17N3O2S/c1-3-18-13-9(2)12(15-8-16-13)14-6-11(17)10-4-5-19-7-10/h4-5,7-8,11,17H,3,6H2,1-2H3,(H,14,15,16). The molecule has 0 radical (unpaired) electrons. The maximum Gasteiger partial charge on any atom is 0.221 e. The van der Waals surface area contributed by atoms with Gasteiger partial charge in [0.2, 0.25) is 5.88 Å². The smallest absolute Gasteiger partial charge is 0.221 e. The fourth-order valence-electron chi connectivity index (χ4n) is 1.67. The van der Waals surface area contributed by atoms with E-state index in [9.17, 15) is 5.11 Å². The fourth-order valence-corrected chi connectivity index (χ4v) is 2.38. The molecule has 2 N–H and O–H groups in total. The molecule has 1 unspecified atom stereocenters. The van der Waals surface area contributed by atoms with Crippen LogP contribution in [0.2, 0.25) is 0 Å². The highest BCUT2D eigenvalue weighted by atomic mass is 32.1. The van der Waals surface area contributed by atoms with Crippen LogP contribution in [0.15, 0.2) is 23.2 Å². The Morgan fingerprint density at radius 2 is 2.32 bits per heavy atom. The number of aliphatic hydroxyl groups excluding tert-OH is 1. The Hall–Kier alpha value is -1.66. The molecular formula is C13H17N3O2S. The molecule has 0 bridgehead atoms. The van der Waals surface area contributed by atoms with Crippen LogP contribution in [0.5, 0.6) is 5.88 Å². The Bertz CT molecular complexity index is 517. The molecule has 0 amide bonds. The number of aromatic nitrogens is 2. The lowest BCUT2D eigenvalue weighted by Crippen LogP contribution is -2.14. The molecule has 2 heterocycles. The van der Waals surface area contributed by atoms with Gasteiger partial charge in [0.05, 0.1) is 18.3 Å². The normalized spacial score (nSPS) is 12.2. The summed E-state index contributed by atoms with van der Waals surface area (Å²) in [4.78, 5) is 8.24. The van der Waals surface area contributed by atoms with Crippen LogP contribution >= 0.6 is 11.3 Å². The molecule has 1 atom stereocenters. The summed E-state index contributed by atoms with van der Waals surface area (Å²) in [7, 11) is 0. The summed E-state index contributed by atoms with van der Waals surface area (Å²) in [5, 5.41) is 17.0. The Morgan fingerprint density at radius 3 is 3.00 bits per heavy atom. The predicted octanol–water partition coefficient (Wildman–Crippen LogP) is 2.39. The number of ether oxygens (including phenoxy) is 1. The van der Waals surface area contributed by atoms with E-state index in [0.717, 1.165) is 11.1 Å². The maximum atomic E-state index is 10.0. The van der Waals surface area contributed by atoms with Crippen molar-refractivity contribution < 1.29 is 9.84 Å². The van der Waals surface area contributed by atoms with E-state index < -0.39 is 6.10 Å². The van der Waals surface area contributed by atoms with Crippen molar-refractivity contribution >= 4 is 17.2 Å². The third kappa shape index (κ3) is 3.42. The van der Waals surface area contributed by atoms with Crippen molar-refractivity contribution in [2.75, 3.05) is 18.5 Å². The quantitative estimate of drug-likeness (QED) is 0.850. The molecule has 5 nitrogen and oxygen atoms in total. The van der Waals surface area contributed by atoms with Crippen LogP contribution in [-0.2, 0) is 0 Å². The van der Waals surface area contributed by atoms with Crippen LogP contribution < -0.4 is 10.1 Å². The highest BCUT2D eigenvalue weighted by Crippen LogP contribution is 2.22. The monoisotopic (exact) mass is 279 g/mol. The molecule has 0 aromatic carbocycles. The molecule has 0 aliphatic rings. The Kier molecular flexibility index (Phi) is 4.70. The fraction of sp³-hybridized carbons (Fsp3) is 0.385. The van der Waals surface area contributed by atoms with Crippen LogP contribution in [0, 0.1) is 6.92 Å². The number of hydrogen-bond acceptors (Lipinski definition) is 6. The second-order valence-corrected chi connectivity index (χ2v) is 4.82. The van der Waals surface area contributed by atoms with Crippen LogP contribution in [0.1, 0.15) is 24.2 Å². The van der Waals surface area contributed by atoms with Crippen molar-refractivity contribution in [3.05, 3.63) is 34.3 Å². The Morgan fingerprint density at radius 1 is 1.47 bits per heavy atom. The highest BCUT2D eigenvalue weighted by molar-refractivity contribution is 7.07. The number of rotatable bonds is 6. The summed E-state index contributed by atoms with van der Waals surface area (Å²) >= 11 is 1.57. The molecule has 19 heavy (non-hydrogen) atoms. The average molecular weight is 279 g/mol. The van der Waals surface area contributed by atoms with E-state index in [0.29, 0.717) is 24.8 Å². The molecule has 2 aromatic heterocycles. The Balaban J connectivity index is 2.01. The lowest BCUT2D eigenvalue weighted by atomic mass is 10.2. The Labute approximate surface area is 116 Å². The molecule has 102 valence electrons. The zero-order chi connectivity index (χ0) is 13.7. The highest BCUT2D eigenvalue weighted by Gasteiger charge is 2.11. The first-order valence-corrected chi connectivity index (χ1v) is 7.05. The zero-order valence-electron chi connectivity index (χ0n) is 11.0. The first-order valence-electron chi connectivity index (χ1n) is 6.10. The van der Waals surface area contributed by atoms with Gasteiger partial charge in [-0.25, -0.2) is 9.97 Å². The molecule has 6 heteroatoms. The van der Waals surface area contributed by atoms with Gasteiger partial charge in [-0.2, -0.15) is 11.3 Å². The summed E-state index contributed by atoms with van der Waals surface area (Å²) in [5.74, 6) is 1.26. The average Bonchev–Trinajstić information content (AvgIpc) is 2.94. The van der Waals surface area contributed by atoms with E-state index in [-0.39, 0.29) is 0 Å². The van der Waals surface area contributed by atoms with Gasteiger partial charge in [-0.1, -0.05) is 0 Å². The third-order valence-corrected chi connectivity index (χ3v) is 3.41. The van der Waals surface area contributed by atoms with Crippen molar-refractivity contribution in [2.45, 2.75) is 20.0 Å². The van der Waals surface area contributed by atoms with Crippen LogP contribution in [0.25, 0.3) is 0 Å². The summed E-state index contributed by atoms with van der Waals surface area (Å²) in [5.41, 5.74) is 1.76. The molecule has 0 aliphatic heterocycles. The third-order valence-electron chi connectivity index (χ3n) is 2.71. The van der Waals surface area contributed by atoms with Crippen molar-refractivity contribution in [1.29, 1.82) is 0 Å². The van der Waals surface area contributed by atoms with Crippen LogP contribution in [0.3, 0.4) is 0 Å². The molecule has 0 aliphatic carbocycles. The summed E-state index contributed by atoms with van der Waals surface area (Å²) < 4.78 is 5.40. The van der Waals surface area contributed by atoms with E-state index in [2.05, 4.69) is 15.3 Å². The van der Waals surface area contributed by atoms with Gasteiger partial charge in [0, 0.05) is 6.54 Å². The summed E-state index contributed by atoms with van der Waals surface area (Å²) in [6.07, 6.45) is 0.910. The molecule has 0 spiro atoms. The van der Waals surface area contributed by atoms with Gasteiger partial charge in [-0.05, 0) is 36.2 Å². The molecule has 0 saturated carbocycles. The molecule has 2 aromatic rings. The van der Waals surface area contributed by atoms with Crippen LogP contribution in [0.4, 0.5) is 5.82 Å². The largest absolute Gasteiger partial charge is 0.478 e. The first kappa shape index (κ1) is 13.8. The first-order chi connectivity index (χ1) is 9.22. The van der Waals surface area contributed by atoms with Gasteiger partial charge in [-0.3, -0.25) is 0 Å². The molecule has 0 saturated heterocycles. The minimum absolute atomic E-state index is 0.403. The zero-order valence-corrected chi connectivity index (χ0v) is 11.8. The number of hydrogen-bond donors (Lipinski definition) is 2. The van der Waals surface area contributed by atoms with Gasteiger partial charge >= 0.3 is 0 Å². The number of thiophene rings is 1. The number of aliphatic hydroxyl groups is 1. The van der Waals surface area contributed by atoms with E-state index in [4.69, 9.17) is 4.74 Å². The van der Waals surface area contributed by atoms with Gasteiger partial charge < -0.3 is 15.2 Å². The minimum Gasteiger partial charge on any atom is -0.478 e. The van der Waals surface area contributed by atoms with Gasteiger partial charge in [0.25, 0.3) is 0 Å². The van der Waals surface area contributed by atoms with Gasteiger partial charge in [0.1, 0.15) is 12.1 Å². The van der Waals surface area contributed by atoms with Gasteiger partial charge in [-0.15, -0.1) is 0 Å². The van der Waals surface area contributed by atoms with E-state index in [1.807, 2.05) is 30.7 Å².